The molecule has 116 valence electrons. The molecule has 19 heavy (non-hydrogen) atoms. The van der Waals surface area contributed by atoms with Gasteiger partial charge in [-0.1, -0.05) is 40.0 Å². The van der Waals surface area contributed by atoms with Crippen molar-refractivity contribution in [2.24, 2.45) is 0 Å². The Morgan fingerprint density at radius 3 is 1.11 bits per heavy atom. The predicted octanol–water partition coefficient (Wildman–Crippen LogP) is -1.32. The maximum absolute atomic E-state index is 2.66. The predicted molar refractivity (Wildman–Crippen MR) is 82.0 cm³/mol. The van der Waals surface area contributed by atoms with Crippen LogP contribution < -0.4 is 24.8 Å². The molecule has 0 rings (SSSR count). The van der Waals surface area contributed by atoms with E-state index in [2.05, 4.69) is 55.8 Å². The molecule has 0 aliphatic heterocycles. The van der Waals surface area contributed by atoms with Gasteiger partial charge in [-0.3, -0.25) is 0 Å². The second kappa shape index (κ2) is 24.1. The van der Waals surface area contributed by atoms with E-state index in [9.17, 15) is 0 Å². The third-order valence-corrected chi connectivity index (χ3v) is 2.48. The van der Waals surface area contributed by atoms with Gasteiger partial charge < -0.3 is 29.7 Å². The van der Waals surface area contributed by atoms with Crippen LogP contribution in [-0.2, 0) is 0 Å². The van der Waals surface area contributed by atoms with Gasteiger partial charge in [0.05, 0.1) is 0 Å². The molecule has 0 aromatic carbocycles. The molecule has 0 atom stereocenters. The standard InChI is InChI=1S/C12H27N.C3H7.Al.2ClH/c1-4-7-10-13(11-8-5-2)12-9-6-3;1-3-2;;;/h4-12H2,1-3H3;3H,1-2H3;;2*1H/q;;+2;;/p-2. The summed E-state index contributed by atoms with van der Waals surface area (Å²) in [5.74, 6) is 0. The molecule has 0 spiro atoms. The van der Waals surface area contributed by atoms with Gasteiger partial charge in [0.2, 0.25) is 0 Å². The van der Waals surface area contributed by atoms with Crippen LogP contribution in [0.2, 0.25) is 4.78 Å². The first-order chi connectivity index (χ1) is 8.08. The summed E-state index contributed by atoms with van der Waals surface area (Å²) in [7, 11) is 0. The number of hydrogen-bond donors (Lipinski definition) is 0. The van der Waals surface area contributed by atoms with Crippen molar-refractivity contribution in [3.8, 4) is 0 Å². The quantitative estimate of drug-likeness (QED) is 0.475. The third kappa shape index (κ3) is 32.5. The van der Waals surface area contributed by atoms with Gasteiger partial charge in [0.15, 0.2) is 0 Å². The SMILES string of the molecule is CCCCN(CCCC)CCCC.C[CH](C)[Al+2].[Cl-].[Cl-]. The molecule has 0 aliphatic rings. The van der Waals surface area contributed by atoms with Crippen LogP contribution in [-0.4, -0.2) is 40.8 Å². The number of hydrogen-bond acceptors (Lipinski definition) is 1. The molecule has 0 saturated carbocycles. The Balaban J connectivity index is -0.000000165. The molecular formula is C15H34AlCl2N. The first-order valence-corrected chi connectivity index (χ1v) is 8.22. The molecule has 0 bridgehead atoms. The molecule has 0 saturated heterocycles. The van der Waals surface area contributed by atoms with Crippen LogP contribution in [0.15, 0.2) is 0 Å². The first kappa shape index (κ1) is 28.3. The van der Waals surface area contributed by atoms with Gasteiger partial charge in [0.25, 0.3) is 0 Å². The van der Waals surface area contributed by atoms with Crippen molar-refractivity contribution in [3.05, 3.63) is 0 Å². The Bertz CT molecular complexity index is 114. The molecule has 0 unspecified atom stereocenters. The van der Waals surface area contributed by atoms with Crippen molar-refractivity contribution in [2.75, 3.05) is 19.6 Å². The minimum Gasteiger partial charge on any atom is -1.00 e. The normalized spacial score (nSPS) is 9.53. The van der Waals surface area contributed by atoms with E-state index in [1.807, 2.05) is 0 Å². The zero-order chi connectivity index (χ0) is 13.5. The smallest absolute Gasteiger partial charge is 1.00 e. The van der Waals surface area contributed by atoms with E-state index in [1.165, 1.54) is 58.2 Å². The number of unbranched alkanes of at least 4 members (excludes halogenated alkanes) is 3. The zero-order valence-corrected chi connectivity index (χ0v) is 16.4. The fourth-order valence-electron chi connectivity index (χ4n) is 1.48. The minimum absolute atomic E-state index is 0. The molecule has 4 heteroatoms. The van der Waals surface area contributed by atoms with Gasteiger partial charge in [-0.05, 0) is 38.9 Å². The fraction of sp³-hybridized carbons (Fsp3) is 1.00. The fourth-order valence-corrected chi connectivity index (χ4v) is 1.48. The maximum atomic E-state index is 2.66. The van der Waals surface area contributed by atoms with Crippen LogP contribution in [0.1, 0.15) is 73.1 Å². The Hall–Kier alpha value is 1.07. The topological polar surface area (TPSA) is 3.24 Å². The summed E-state index contributed by atoms with van der Waals surface area (Å²) >= 11 is 2.66. The molecule has 0 heterocycles. The molecule has 0 amide bonds. The van der Waals surface area contributed by atoms with Crippen molar-refractivity contribution in [2.45, 2.75) is 77.9 Å². The number of halogens is 2. The van der Waals surface area contributed by atoms with Crippen molar-refractivity contribution < 1.29 is 24.8 Å². The van der Waals surface area contributed by atoms with E-state index >= 15 is 0 Å². The van der Waals surface area contributed by atoms with Crippen LogP contribution in [0.5, 0.6) is 0 Å². The molecule has 0 aliphatic carbocycles. The maximum Gasteiger partial charge on any atom is -1.00 e. The van der Waals surface area contributed by atoms with E-state index in [0.717, 1.165) is 4.78 Å². The third-order valence-electron chi connectivity index (χ3n) is 2.48. The Morgan fingerprint density at radius 1 is 0.737 bits per heavy atom. The average molecular weight is 326 g/mol. The average Bonchev–Trinajstić information content (AvgIpc) is 2.27. The second-order valence-electron chi connectivity index (χ2n) is 5.15. The van der Waals surface area contributed by atoms with E-state index in [-0.39, 0.29) is 24.8 Å². The zero-order valence-electron chi connectivity index (χ0n) is 13.7. The number of rotatable bonds is 9. The number of nitrogens with zero attached hydrogens (tertiary/aromatic N) is 1. The minimum atomic E-state index is 0. The molecule has 0 fully saturated rings. The molecule has 1 nitrogen and oxygen atoms in total. The van der Waals surface area contributed by atoms with E-state index in [1.54, 1.807) is 0 Å². The van der Waals surface area contributed by atoms with Gasteiger partial charge >= 0.3 is 34.9 Å². The molecule has 0 N–H and O–H groups in total. The van der Waals surface area contributed by atoms with E-state index < -0.39 is 0 Å². The summed E-state index contributed by atoms with van der Waals surface area (Å²) in [4.78, 5) is 2.64. The molecule has 0 aromatic heterocycles. The second-order valence-corrected chi connectivity index (χ2v) is 6.48. The summed E-state index contributed by atoms with van der Waals surface area (Å²) < 4.78 is 0.750. The molecule has 0 aromatic rings. The van der Waals surface area contributed by atoms with Gasteiger partial charge in [0, 0.05) is 0 Å². The summed E-state index contributed by atoms with van der Waals surface area (Å²) in [5, 5.41) is 0. The van der Waals surface area contributed by atoms with Crippen molar-refractivity contribution in [1.82, 2.24) is 4.90 Å². The van der Waals surface area contributed by atoms with E-state index in [4.69, 9.17) is 0 Å². The van der Waals surface area contributed by atoms with Crippen LogP contribution in [0, 0.1) is 0 Å². The van der Waals surface area contributed by atoms with Gasteiger partial charge in [-0.15, -0.1) is 0 Å². The van der Waals surface area contributed by atoms with Gasteiger partial charge in [-0.2, -0.15) is 0 Å². The summed E-state index contributed by atoms with van der Waals surface area (Å²) in [6.45, 7) is 15.0. The van der Waals surface area contributed by atoms with Crippen molar-refractivity contribution in [1.29, 1.82) is 0 Å². The first-order valence-electron chi connectivity index (χ1n) is 7.56. The Morgan fingerprint density at radius 2 is 0.947 bits per heavy atom. The van der Waals surface area contributed by atoms with Crippen molar-refractivity contribution in [3.63, 3.8) is 0 Å². The van der Waals surface area contributed by atoms with Gasteiger partial charge in [-0.25, -0.2) is 0 Å². The molecular weight excluding hydrogens is 292 g/mol. The van der Waals surface area contributed by atoms with E-state index in [0.29, 0.717) is 0 Å². The Kier molecular flexibility index (Phi) is 35.9. The summed E-state index contributed by atoms with van der Waals surface area (Å²) in [5.41, 5.74) is 0. The van der Waals surface area contributed by atoms with Crippen LogP contribution >= 0.6 is 0 Å². The summed E-state index contributed by atoms with van der Waals surface area (Å²) in [6, 6.07) is 0. The van der Waals surface area contributed by atoms with Crippen LogP contribution in [0.4, 0.5) is 0 Å². The van der Waals surface area contributed by atoms with Crippen LogP contribution in [0.3, 0.4) is 0 Å². The largest absolute Gasteiger partial charge is 1.00 e. The van der Waals surface area contributed by atoms with Crippen LogP contribution in [0.25, 0.3) is 0 Å². The van der Waals surface area contributed by atoms with Crippen molar-refractivity contribution >= 4 is 16.3 Å². The Labute approximate surface area is 143 Å². The van der Waals surface area contributed by atoms with Gasteiger partial charge in [0.1, 0.15) is 0 Å². The monoisotopic (exact) mass is 325 g/mol. The summed E-state index contributed by atoms with van der Waals surface area (Å²) in [6.07, 6.45) is 8.09. The molecule has 0 radical (unpaired) electrons.